The van der Waals surface area contributed by atoms with Crippen molar-refractivity contribution in [2.45, 2.75) is 46.2 Å². The zero-order valence-corrected chi connectivity index (χ0v) is 11.9. The quantitative estimate of drug-likeness (QED) is 0.833. The molecule has 1 atom stereocenters. The van der Waals surface area contributed by atoms with Crippen LogP contribution in [0.1, 0.15) is 50.6 Å². The second kappa shape index (κ2) is 6.52. The molecule has 0 radical (unpaired) electrons. The molecule has 5 nitrogen and oxygen atoms in total. The highest BCUT2D eigenvalue weighted by Crippen LogP contribution is 2.13. The van der Waals surface area contributed by atoms with E-state index in [1.807, 2.05) is 6.92 Å². The van der Waals surface area contributed by atoms with Crippen LogP contribution in [0.3, 0.4) is 0 Å². The number of aryl methyl sites for hydroxylation is 1. The first-order valence-electron chi connectivity index (χ1n) is 6.93. The van der Waals surface area contributed by atoms with Crippen LogP contribution in [0, 0.1) is 0 Å². The van der Waals surface area contributed by atoms with Crippen molar-refractivity contribution in [3.8, 4) is 0 Å². The van der Waals surface area contributed by atoms with Gasteiger partial charge in [0.05, 0.1) is 0 Å². The van der Waals surface area contributed by atoms with Crippen LogP contribution in [0.2, 0.25) is 0 Å². The van der Waals surface area contributed by atoms with Gasteiger partial charge in [-0.2, -0.15) is 0 Å². The second-order valence-electron chi connectivity index (χ2n) is 4.74. The molecule has 2 rings (SSSR count). The van der Waals surface area contributed by atoms with Gasteiger partial charge in [-0.05, 0) is 31.5 Å². The maximum atomic E-state index is 5.51. The lowest BCUT2D eigenvalue weighted by atomic mass is 10.2. The Bertz CT molecular complexity index is 503. The van der Waals surface area contributed by atoms with Crippen LogP contribution in [0.15, 0.2) is 22.9 Å². The Balaban J connectivity index is 1.96. The van der Waals surface area contributed by atoms with Gasteiger partial charge in [0.2, 0.25) is 11.8 Å². The lowest BCUT2D eigenvalue weighted by Crippen LogP contribution is -2.18. The summed E-state index contributed by atoms with van der Waals surface area (Å²) in [5.74, 6) is 1.36. The summed E-state index contributed by atoms with van der Waals surface area (Å²) < 4.78 is 7.59. The van der Waals surface area contributed by atoms with Gasteiger partial charge in [-0.25, -0.2) is 0 Å². The average Bonchev–Trinajstić information content (AvgIpc) is 3.05. The molecule has 2 aromatic rings. The maximum absolute atomic E-state index is 5.51. The molecule has 2 aromatic heterocycles. The molecule has 0 spiro atoms. The molecule has 1 unspecified atom stereocenters. The fourth-order valence-corrected chi connectivity index (χ4v) is 1.94. The molecular formula is C14H22N4O. The number of hydrogen-bond donors (Lipinski definition) is 1. The van der Waals surface area contributed by atoms with Crippen LogP contribution >= 0.6 is 0 Å². The van der Waals surface area contributed by atoms with Crippen molar-refractivity contribution >= 4 is 0 Å². The predicted octanol–water partition coefficient (Wildman–Crippen LogP) is 2.54. The SMILES string of the molecule is CCCNC(C)c1ccn(Cc2nnc(CC)o2)c1. The molecule has 19 heavy (non-hydrogen) atoms. The van der Waals surface area contributed by atoms with E-state index in [0.29, 0.717) is 24.4 Å². The molecule has 0 saturated heterocycles. The highest BCUT2D eigenvalue weighted by Gasteiger charge is 2.08. The zero-order valence-electron chi connectivity index (χ0n) is 11.9. The first-order chi connectivity index (χ1) is 9.22. The van der Waals surface area contributed by atoms with Crippen molar-refractivity contribution in [1.82, 2.24) is 20.1 Å². The van der Waals surface area contributed by atoms with Crippen LogP contribution in [-0.2, 0) is 13.0 Å². The van der Waals surface area contributed by atoms with Gasteiger partial charge >= 0.3 is 0 Å². The van der Waals surface area contributed by atoms with E-state index in [2.05, 4.69) is 52.4 Å². The summed E-state index contributed by atoms with van der Waals surface area (Å²) in [7, 11) is 0. The minimum Gasteiger partial charge on any atom is -0.423 e. The monoisotopic (exact) mass is 262 g/mol. The van der Waals surface area contributed by atoms with E-state index in [9.17, 15) is 0 Å². The predicted molar refractivity (Wildman–Crippen MR) is 73.9 cm³/mol. The topological polar surface area (TPSA) is 55.9 Å². The van der Waals surface area contributed by atoms with E-state index in [-0.39, 0.29) is 0 Å². The summed E-state index contributed by atoms with van der Waals surface area (Å²) in [4.78, 5) is 0. The highest BCUT2D eigenvalue weighted by molar-refractivity contribution is 5.15. The Morgan fingerprint density at radius 3 is 2.79 bits per heavy atom. The molecule has 0 aliphatic rings. The molecule has 1 N–H and O–H groups in total. The highest BCUT2D eigenvalue weighted by atomic mass is 16.4. The summed E-state index contributed by atoms with van der Waals surface area (Å²) in [5.41, 5.74) is 1.28. The Morgan fingerprint density at radius 1 is 1.32 bits per heavy atom. The van der Waals surface area contributed by atoms with Crippen LogP contribution in [-0.4, -0.2) is 21.3 Å². The van der Waals surface area contributed by atoms with E-state index in [1.54, 1.807) is 0 Å². The van der Waals surface area contributed by atoms with E-state index < -0.39 is 0 Å². The van der Waals surface area contributed by atoms with Gasteiger partial charge in [-0.1, -0.05) is 13.8 Å². The third-order valence-corrected chi connectivity index (χ3v) is 3.10. The van der Waals surface area contributed by atoms with Gasteiger partial charge in [0.15, 0.2) is 0 Å². The first-order valence-corrected chi connectivity index (χ1v) is 6.93. The van der Waals surface area contributed by atoms with Gasteiger partial charge in [0.25, 0.3) is 0 Å². The summed E-state index contributed by atoms with van der Waals surface area (Å²) in [6.07, 6.45) is 6.10. The first kappa shape index (κ1) is 13.8. The number of rotatable bonds is 7. The minimum atomic E-state index is 0.370. The van der Waals surface area contributed by atoms with E-state index in [4.69, 9.17) is 4.42 Å². The van der Waals surface area contributed by atoms with Gasteiger partial charge in [-0.3, -0.25) is 0 Å². The Morgan fingerprint density at radius 2 is 2.11 bits per heavy atom. The number of nitrogens with one attached hydrogen (secondary N) is 1. The fourth-order valence-electron chi connectivity index (χ4n) is 1.94. The molecule has 2 heterocycles. The molecule has 104 valence electrons. The van der Waals surface area contributed by atoms with Crippen LogP contribution in [0.25, 0.3) is 0 Å². The summed E-state index contributed by atoms with van der Waals surface area (Å²) in [6, 6.07) is 2.50. The third-order valence-electron chi connectivity index (χ3n) is 3.10. The summed E-state index contributed by atoms with van der Waals surface area (Å²) >= 11 is 0. The fraction of sp³-hybridized carbons (Fsp3) is 0.571. The second-order valence-corrected chi connectivity index (χ2v) is 4.74. The minimum absolute atomic E-state index is 0.370. The maximum Gasteiger partial charge on any atom is 0.236 e. The number of aromatic nitrogens is 3. The molecule has 5 heteroatoms. The zero-order chi connectivity index (χ0) is 13.7. The largest absolute Gasteiger partial charge is 0.423 e. The van der Waals surface area contributed by atoms with Gasteiger partial charge < -0.3 is 14.3 Å². The van der Waals surface area contributed by atoms with Crippen LogP contribution in [0.4, 0.5) is 0 Å². The van der Waals surface area contributed by atoms with Crippen molar-refractivity contribution < 1.29 is 4.42 Å². The molecule has 0 amide bonds. The molecular weight excluding hydrogens is 240 g/mol. The Kier molecular flexibility index (Phi) is 4.74. The molecule has 0 aromatic carbocycles. The smallest absolute Gasteiger partial charge is 0.236 e. The number of hydrogen-bond acceptors (Lipinski definition) is 4. The molecule has 0 fully saturated rings. The van der Waals surface area contributed by atoms with Crippen molar-refractivity contribution in [2.24, 2.45) is 0 Å². The summed E-state index contributed by atoms with van der Waals surface area (Å²) in [6.45, 7) is 8.03. The molecule has 0 saturated carbocycles. The van der Waals surface area contributed by atoms with Crippen LogP contribution < -0.4 is 5.32 Å². The standard InChI is InChI=1S/C14H22N4O/c1-4-7-15-11(3)12-6-8-18(9-12)10-14-17-16-13(5-2)19-14/h6,8-9,11,15H,4-5,7,10H2,1-3H3. The van der Waals surface area contributed by atoms with Gasteiger partial charge in [-0.15, -0.1) is 10.2 Å². The average molecular weight is 262 g/mol. The van der Waals surface area contributed by atoms with Crippen molar-refractivity contribution in [3.63, 3.8) is 0 Å². The molecule has 0 aliphatic heterocycles. The van der Waals surface area contributed by atoms with Crippen molar-refractivity contribution in [2.75, 3.05) is 6.54 Å². The Hall–Kier alpha value is -1.62. The van der Waals surface area contributed by atoms with E-state index in [1.165, 1.54) is 5.56 Å². The number of nitrogens with zero attached hydrogens (tertiary/aromatic N) is 3. The normalized spacial score (nSPS) is 12.8. The molecule has 0 bridgehead atoms. The van der Waals surface area contributed by atoms with Crippen molar-refractivity contribution in [1.29, 1.82) is 0 Å². The van der Waals surface area contributed by atoms with Crippen molar-refractivity contribution in [3.05, 3.63) is 35.8 Å². The lowest BCUT2D eigenvalue weighted by molar-refractivity contribution is 0.442. The lowest BCUT2D eigenvalue weighted by Gasteiger charge is -2.10. The summed E-state index contributed by atoms with van der Waals surface area (Å²) in [5, 5.41) is 11.5. The molecule has 0 aliphatic carbocycles. The van der Waals surface area contributed by atoms with E-state index in [0.717, 1.165) is 19.4 Å². The van der Waals surface area contributed by atoms with Crippen LogP contribution in [0.5, 0.6) is 0 Å². The van der Waals surface area contributed by atoms with E-state index >= 15 is 0 Å². The van der Waals surface area contributed by atoms with Gasteiger partial charge in [0.1, 0.15) is 6.54 Å². The Labute approximate surface area is 114 Å². The van der Waals surface area contributed by atoms with Gasteiger partial charge in [0, 0.05) is 24.9 Å². The third kappa shape index (κ3) is 3.67.